The van der Waals surface area contributed by atoms with Gasteiger partial charge in [0.2, 0.25) is 0 Å². The van der Waals surface area contributed by atoms with E-state index in [-0.39, 0.29) is 17.5 Å². The standard InChI is InChI=1S/C33H37BN2O6/c1-6-35-32(37)30-29(34-40-21-33(4,5)42-34)31(41-36-30)26-17-25(22(2)3)27(38-19-23-13-9-7-10-14-23)18-28(26)39-20-24-15-11-8-12-16-24/h7-18,22H,6,19-21H2,1-5H3,(H,35,37). The minimum absolute atomic E-state index is 0.116. The number of aromatic nitrogens is 1. The summed E-state index contributed by atoms with van der Waals surface area (Å²) in [7, 11) is -0.836. The Balaban J connectivity index is 1.62. The van der Waals surface area contributed by atoms with Crippen LogP contribution in [0.4, 0.5) is 0 Å². The number of nitrogens with one attached hydrogen (secondary N) is 1. The van der Waals surface area contributed by atoms with Crippen LogP contribution in [0, 0.1) is 0 Å². The number of carbonyl (C=O) groups excluding carboxylic acids is 1. The predicted octanol–water partition coefficient (Wildman–Crippen LogP) is 5.89. The maximum atomic E-state index is 13.1. The molecule has 3 aromatic carbocycles. The Morgan fingerprint density at radius 2 is 1.60 bits per heavy atom. The lowest BCUT2D eigenvalue weighted by Gasteiger charge is -2.20. The van der Waals surface area contributed by atoms with E-state index in [1.54, 1.807) is 0 Å². The van der Waals surface area contributed by atoms with Gasteiger partial charge in [0.05, 0.1) is 23.2 Å². The van der Waals surface area contributed by atoms with E-state index in [9.17, 15) is 4.79 Å². The van der Waals surface area contributed by atoms with E-state index in [1.165, 1.54) is 0 Å². The lowest BCUT2D eigenvalue weighted by atomic mass is 9.75. The zero-order valence-electron chi connectivity index (χ0n) is 24.8. The van der Waals surface area contributed by atoms with Crippen molar-refractivity contribution in [2.75, 3.05) is 13.2 Å². The summed E-state index contributed by atoms with van der Waals surface area (Å²) in [5, 5.41) is 7.02. The third-order valence-electron chi connectivity index (χ3n) is 6.98. The van der Waals surface area contributed by atoms with Gasteiger partial charge in [0.15, 0.2) is 11.5 Å². The summed E-state index contributed by atoms with van der Waals surface area (Å²) in [5.74, 6) is 1.35. The number of hydrogen-bond acceptors (Lipinski definition) is 7. The van der Waals surface area contributed by atoms with Crippen molar-refractivity contribution < 1.29 is 28.1 Å². The van der Waals surface area contributed by atoms with Gasteiger partial charge in [-0.3, -0.25) is 4.79 Å². The SMILES string of the molecule is CCNC(=O)c1noc(-c2cc(C(C)C)c(OCc3ccccc3)cc2OCc2ccccc2)c1B1OCC(C)(C)O1. The van der Waals surface area contributed by atoms with Gasteiger partial charge in [0.25, 0.3) is 5.91 Å². The number of ether oxygens (including phenoxy) is 2. The van der Waals surface area contributed by atoms with Gasteiger partial charge < -0.3 is 28.6 Å². The van der Waals surface area contributed by atoms with Crippen LogP contribution in [0.1, 0.15) is 67.7 Å². The van der Waals surface area contributed by atoms with Crippen LogP contribution in [0.25, 0.3) is 11.3 Å². The largest absolute Gasteiger partial charge is 0.501 e. The number of rotatable bonds is 11. The highest BCUT2D eigenvalue weighted by Gasteiger charge is 2.45. The van der Waals surface area contributed by atoms with Crippen LogP contribution in [-0.4, -0.2) is 36.9 Å². The molecule has 1 aromatic heterocycles. The molecule has 1 fully saturated rings. The maximum absolute atomic E-state index is 13.1. The van der Waals surface area contributed by atoms with Crippen molar-refractivity contribution >= 4 is 18.5 Å². The van der Waals surface area contributed by atoms with Crippen LogP contribution < -0.4 is 20.3 Å². The molecule has 0 unspecified atom stereocenters. The molecule has 0 saturated carbocycles. The van der Waals surface area contributed by atoms with E-state index in [1.807, 2.05) is 93.6 Å². The smallest absolute Gasteiger partial charge is 0.488 e. The van der Waals surface area contributed by atoms with E-state index >= 15 is 0 Å². The first-order chi connectivity index (χ1) is 20.3. The van der Waals surface area contributed by atoms with Gasteiger partial charge in [0, 0.05) is 12.6 Å². The number of hydrogen-bond donors (Lipinski definition) is 1. The van der Waals surface area contributed by atoms with Crippen molar-refractivity contribution in [2.45, 2.75) is 59.4 Å². The predicted molar refractivity (Wildman–Crippen MR) is 162 cm³/mol. The minimum Gasteiger partial charge on any atom is -0.488 e. The first kappa shape index (κ1) is 29.4. The molecule has 2 heterocycles. The number of benzene rings is 3. The summed E-state index contributed by atoms with van der Waals surface area (Å²) in [5.41, 5.74) is 3.68. The Morgan fingerprint density at radius 3 is 2.14 bits per heavy atom. The summed E-state index contributed by atoms with van der Waals surface area (Å²) in [6.45, 7) is 11.5. The van der Waals surface area contributed by atoms with Crippen molar-refractivity contribution in [3.8, 4) is 22.8 Å². The average molecular weight is 568 g/mol. The van der Waals surface area contributed by atoms with Gasteiger partial charge in [-0.15, -0.1) is 0 Å². The van der Waals surface area contributed by atoms with Gasteiger partial charge >= 0.3 is 7.12 Å². The molecule has 0 atom stereocenters. The number of nitrogens with zero attached hydrogens (tertiary/aromatic N) is 1. The molecule has 1 aliphatic rings. The highest BCUT2D eigenvalue weighted by atomic mass is 16.7. The van der Waals surface area contributed by atoms with E-state index in [2.05, 4.69) is 24.3 Å². The third-order valence-corrected chi connectivity index (χ3v) is 6.98. The van der Waals surface area contributed by atoms with Crippen LogP contribution in [-0.2, 0) is 22.5 Å². The Bertz CT molecular complexity index is 1500. The van der Waals surface area contributed by atoms with Gasteiger partial charge in [-0.1, -0.05) is 79.7 Å². The molecule has 0 aliphatic carbocycles. The Labute approximate surface area is 247 Å². The summed E-state index contributed by atoms with van der Waals surface area (Å²) in [6, 6.07) is 23.8. The molecule has 1 amide bonds. The molecule has 218 valence electrons. The maximum Gasteiger partial charge on any atom is 0.501 e. The summed E-state index contributed by atoms with van der Waals surface area (Å²) in [6.07, 6.45) is 0. The lowest BCUT2D eigenvalue weighted by molar-refractivity contribution is 0.0947. The van der Waals surface area contributed by atoms with Crippen molar-refractivity contribution in [1.29, 1.82) is 0 Å². The monoisotopic (exact) mass is 568 g/mol. The van der Waals surface area contributed by atoms with Crippen molar-refractivity contribution in [3.63, 3.8) is 0 Å². The normalized spacial score (nSPS) is 14.3. The first-order valence-corrected chi connectivity index (χ1v) is 14.3. The minimum atomic E-state index is -0.836. The second-order valence-electron chi connectivity index (χ2n) is 11.2. The molecule has 0 spiro atoms. The quantitative estimate of drug-likeness (QED) is 0.226. The van der Waals surface area contributed by atoms with Crippen LogP contribution in [0.2, 0.25) is 0 Å². The number of carbonyl (C=O) groups is 1. The molecule has 42 heavy (non-hydrogen) atoms. The van der Waals surface area contributed by atoms with Crippen LogP contribution in [0.3, 0.4) is 0 Å². The number of amides is 1. The van der Waals surface area contributed by atoms with E-state index in [0.717, 1.165) is 16.7 Å². The molecular formula is C33H37BN2O6. The van der Waals surface area contributed by atoms with Crippen molar-refractivity contribution in [3.05, 3.63) is 95.2 Å². The molecule has 0 radical (unpaired) electrons. The molecule has 9 heteroatoms. The van der Waals surface area contributed by atoms with Gasteiger partial charge in [-0.25, -0.2) is 0 Å². The van der Waals surface area contributed by atoms with Gasteiger partial charge in [-0.05, 0) is 49.4 Å². The fraction of sp³-hybridized carbons (Fsp3) is 0.333. The van der Waals surface area contributed by atoms with Crippen LogP contribution >= 0.6 is 0 Å². The van der Waals surface area contributed by atoms with Gasteiger partial charge in [0.1, 0.15) is 24.7 Å². The Hall–Kier alpha value is -4.08. The molecule has 5 rings (SSSR count). The lowest BCUT2D eigenvalue weighted by Crippen LogP contribution is -2.40. The molecule has 8 nitrogen and oxygen atoms in total. The van der Waals surface area contributed by atoms with E-state index in [4.69, 9.17) is 23.3 Å². The average Bonchev–Trinajstić information content (AvgIpc) is 3.58. The fourth-order valence-corrected chi connectivity index (χ4v) is 4.82. The zero-order chi connectivity index (χ0) is 29.7. The van der Waals surface area contributed by atoms with E-state index < -0.39 is 12.7 Å². The van der Waals surface area contributed by atoms with Gasteiger partial charge in [-0.2, -0.15) is 0 Å². The Morgan fingerprint density at radius 1 is 0.976 bits per heavy atom. The van der Waals surface area contributed by atoms with Crippen molar-refractivity contribution in [2.24, 2.45) is 0 Å². The molecule has 4 aromatic rings. The molecule has 0 bridgehead atoms. The van der Waals surface area contributed by atoms with E-state index in [0.29, 0.717) is 54.7 Å². The highest BCUT2D eigenvalue weighted by Crippen LogP contribution is 2.40. The molecular weight excluding hydrogens is 531 g/mol. The van der Waals surface area contributed by atoms with Crippen LogP contribution in [0.15, 0.2) is 77.3 Å². The summed E-state index contributed by atoms with van der Waals surface area (Å²) >= 11 is 0. The zero-order valence-corrected chi connectivity index (χ0v) is 24.8. The second-order valence-corrected chi connectivity index (χ2v) is 11.2. The highest BCUT2D eigenvalue weighted by molar-refractivity contribution is 6.65. The first-order valence-electron chi connectivity index (χ1n) is 14.3. The fourth-order valence-electron chi connectivity index (χ4n) is 4.82. The third kappa shape index (κ3) is 6.69. The summed E-state index contributed by atoms with van der Waals surface area (Å²) < 4.78 is 31.0. The van der Waals surface area contributed by atoms with Crippen molar-refractivity contribution in [1.82, 2.24) is 10.5 Å². The second kappa shape index (κ2) is 12.8. The summed E-state index contributed by atoms with van der Waals surface area (Å²) in [4.78, 5) is 13.1. The topological polar surface area (TPSA) is 92.1 Å². The molecule has 1 N–H and O–H groups in total. The Kier molecular flexibility index (Phi) is 8.99. The molecule has 1 saturated heterocycles. The molecule has 1 aliphatic heterocycles. The van der Waals surface area contributed by atoms with Crippen LogP contribution in [0.5, 0.6) is 11.5 Å².